The predicted octanol–water partition coefficient (Wildman–Crippen LogP) is 6.85. The van der Waals surface area contributed by atoms with Gasteiger partial charge < -0.3 is 0 Å². The zero-order valence-electron chi connectivity index (χ0n) is 10.3. The van der Waals surface area contributed by atoms with E-state index in [-0.39, 0.29) is 4.83 Å². The van der Waals surface area contributed by atoms with Crippen molar-refractivity contribution in [2.45, 2.75) is 18.2 Å². The van der Waals surface area contributed by atoms with E-state index in [1.54, 1.807) is 0 Å². The maximum Gasteiger partial charge on any atom is 0.0447 e. The highest BCUT2D eigenvalue weighted by Crippen LogP contribution is 2.36. The molecule has 2 rings (SSSR count). The highest BCUT2D eigenvalue weighted by Gasteiger charge is 2.14. The first-order valence-corrected chi connectivity index (χ1v) is 8.69. The fraction of sp³-hybridized carbons (Fsp3) is 0.200. The van der Waals surface area contributed by atoms with Crippen molar-refractivity contribution < 1.29 is 0 Å². The molecule has 0 N–H and O–H groups in total. The summed E-state index contributed by atoms with van der Waals surface area (Å²) in [6.45, 7) is 2.08. The second-order valence-electron chi connectivity index (χ2n) is 4.42. The van der Waals surface area contributed by atoms with Crippen molar-refractivity contribution in [2.75, 3.05) is 0 Å². The van der Waals surface area contributed by atoms with E-state index in [4.69, 9.17) is 11.6 Å². The minimum atomic E-state index is 0.247. The normalized spacial score (nSPS) is 12.5. The molecule has 0 bridgehead atoms. The van der Waals surface area contributed by atoms with Gasteiger partial charge in [0.2, 0.25) is 0 Å². The van der Waals surface area contributed by atoms with Crippen LogP contribution in [0.25, 0.3) is 0 Å². The fourth-order valence-electron chi connectivity index (χ4n) is 1.88. The monoisotopic (exact) mass is 464 g/mol. The average molecular weight is 467 g/mol. The molecule has 4 heteroatoms. The summed E-state index contributed by atoms with van der Waals surface area (Å²) < 4.78 is 2.25. The van der Waals surface area contributed by atoms with Gasteiger partial charge in [-0.1, -0.05) is 71.5 Å². The molecule has 2 aromatic rings. The van der Waals surface area contributed by atoms with Gasteiger partial charge in [-0.25, -0.2) is 0 Å². The van der Waals surface area contributed by atoms with Crippen LogP contribution in [0.4, 0.5) is 0 Å². The molecule has 0 radical (unpaired) electrons. The fourth-order valence-corrected chi connectivity index (χ4v) is 4.25. The Balaban J connectivity index is 2.25. The smallest absolute Gasteiger partial charge is 0.0447 e. The molecular formula is C15H12Br3Cl. The van der Waals surface area contributed by atoms with E-state index in [0.717, 1.165) is 20.4 Å². The van der Waals surface area contributed by atoms with Crippen LogP contribution < -0.4 is 0 Å². The maximum absolute atomic E-state index is 6.02. The molecular weight excluding hydrogens is 455 g/mol. The Labute approximate surface area is 143 Å². The summed E-state index contributed by atoms with van der Waals surface area (Å²) in [5.41, 5.74) is 3.67. The molecule has 0 saturated heterocycles. The number of aryl methyl sites for hydroxylation is 1. The lowest BCUT2D eigenvalue weighted by atomic mass is 10.0. The van der Waals surface area contributed by atoms with Crippen molar-refractivity contribution in [3.05, 3.63) is 67.1 Å². The molecule has 0 aliphatic carbocycles. The van der Waals surface area contributed by atoms with E-state index in [1.807, 2.05) is 18.2 Å². The SMILES string of the molecule is Cc1cc(Br)c(C(Br)Cc2cccc(Cl)c2)cc1Br. The first-order chi connectivity index (χ1) is 8.97. The first-order valence-electron chi connectivity index (χ1n) is 5.81. The maximum atomic E-state index is 6.02. The molecule has 0 aromatic heterocycles. The van der Waals surface area contributed by atoms with Gasteiger partial charge in [-0.15, -0.1) is 0 Å². The van der Waals surface area contributed by atoms with Gasteiger partial charge >= 0.3 is 0 Å². The van der Waals surface area contributed by atoms with Crippen molar-refractivity contribution in [3.8, 4) is 0 Å². The zero-order chi connectivity index (χ0) is 14.0. The van der Waals surface area contributed by atoms with Gasteiger partial charge in [0.1, 0.15) is 0 Å². The van der Waals surface area contributed by atoms with E-state index in [9.17, 15) is 0 Å². The second-order valence-corrected chi connectivity index (χ2v) is 7.67. The Hall–Kier alpha value is 0.170. The molecule has 0 fully saturated rings. The third kappa shape index (κ3) is 4.07. The Kier molecular flexibility index (Phi) is 5.53. The van der Waals surface area contributed by atoms with Crippen LogP contribution in [0, 0.1) is 6.92 Å². The summed E-state index contributed by atoms with van der Waals surface area (Å²) in [6, 6.07) is 12.3. The van der Waals surface area contributed by atoms with Crippen LogP contribution in [0.2, 0.25) is 5.02 Å². The quantitative estimate of drug-likeness (QED) is 0.433. The topological polar surface area (TPSA) is 0 Å². The summed E-state index contributed by atoms with van der Waals surface area (Å²) in [6.07, 6.45) is 0.897. The Bertz CT molecular complexity index is 596. The van der Waals surface area contributed by atoms with Crippen molar-refractivity contribution in [1.29, 1.82) is 0 Å². The van der Waals surface area contributed by atoms with Gasteiger partial charge in [-0.05, 0) is 54.3 Å². The van der Waals surface area contributed by atoms with E-state index < -0.39 is 0 Å². The molecule has 1 atom stereocenters. The molecule has 0 aliphatic heterocycles. The summed E-state index contributed by atoms with van der Waals surface area (Å²) in [5, 5.41) is 0.779. The number of hydrogen-bond acceptors (Lipinski definition) is 0. The molecule has 0 saturated carbocycles. The van der Waals surface area contributed by atoms with Gasteiger partial charge in [0, 0.05) is 18.8 Å². The summed E-state index contributed by atoms with van der Waals surface area (Å²) in [7, 11) is 0. The van der Waals surface area contributed by atoms with Crippen LogP contribution in [-0.4, -0.2) is 0 Å². The van der Waals surface area contributed by atoms with E-state index in [1.165, 1.54) is 16.7 Å². The van der Waals surface area contributed by atoms with Crippen LogP contribution in [0.15, 0.2) is 45.3 Å². The molecule has 19 heavy (non-hydrogen) atoms. The standard InChI is InChI=1S/C15H12Br3Cl/c1-9-5-14(17)12(8-13(9)16)15(18)7-10-3-2-4-11(19)6-10/h2-6,8,15H,7H2,1H3. The third-order valence-corrected chi connectivity index (χ3v) is 5.51. The molecule has 0 spiro atoms. The largest absolute Gasteiger partial charge is 0.0843 e. The van der Waals surface area contributed by atoms with Crippen molar-refractivity contribution in [3.63, 3.8) is 0 Å². The Morgan fingerprint density at radius 2 is 1.84 bits per heavy atom. The molecule has 100 valence electrons. The molecule has 0 nitrogen and oxygen atoms in total. The van der Waals surface area contributed by atoms with Gasteiger partial charge in [0.15, 0.2) is 0 Å². The Morgan fingerprint density at radius 1 is 1.11 bits per heavy atom. The van der Waals surface area contributed by atoms with E-state index >= 15 is 0 Å². The van der Waals surface area contributed by atoms with E-state index in [0.29, 0.717) is 0 Å². The van der Waals surface area contributed by atoms with Crippen molar-refractivity contribution in [2.24, 2.45) is 0 Å². The van der Waals surface area contributed by atoms with Crippen LogP contribution in [-0.2, 0) is 6.42 Å². The molecule has 0 aliphatic rings. The molecule has 1 unspecified atom stereocenters. The van der Waals surface area contributed by atoms with Crippen LogP contribution >= 0.6 is 59.4 Å². The van der Waals surface area contributed by atoms with Crippen LogP contribution in [0.1, 0.15) is 21.5 Å². The Morgan fingerprint density at radius 3 is 2.53 bits per heavy atom. The minimum absolute atomic E-state index is 0.247. The third-order valence-electron chi connectivity index (χ3n) is 2.92. The van der Waals surface area contributed by atoms with Crippen LogP contribution in [0.3, 0.4) is 0 Å². The van der Waals surface area contributed by atoms with E-state index in [2.05, 4.69) is 72.9 Å². The minimum Gasteiger partial charge on any atom is -0.0843 e. The van der Waals surface area contributed by atoms with Gasteiger partial charge in [0.25, 0.3) is 0 Å². The summed E-state index contributed by atoms with van der Waals surface area (Å²) >= 11 is 17.0. The zero-order valence-corrected chi connectivity index (χ0v) is 15.8. The second kappa shape index (κ2) is 6.75. The molecule has 2 aromatic carbocycles. The first kappa shape index (κ1) is 15.6. The number of halogens is 4. The summed E-state index contributed by atoms with van der Waals surface area (Å²) in [5.74, 6) is 0. The van der Waals surface area contributed by atoms with Crippen LogP contribution in [0.5, 0.6) is 0 Å². The number of rotatable bonds is 3. The average Bonchev–Trinajstić information content (AvgIpc) is 2.33. The molecule has 0 heterocycles. The summed E-state index contributed by atoms with van der Waals surface area (Å²) in [4.78, 5) is 0.247. The van der Waals surface area contributed by atoms with Gasteiger partial charge in [-0.3, -0.25) is 0 Å². The lowest BCUT2D eigenvalue weighted by Crippen LogP contribution is -1.97. The van der Waals surface area contributed by atoms with Crippen molar-refractivity contribution in [1.82, 2.24) is 0 Å². The van der Waals surface area contributed by atoms with Gasteiger partial charge in [-0.2, -0.15) is 0 Å². The number of benzene rings is 2. The number of hydrogen-bond donors (Lipinski definition) is 0. The van der Waals surface area contributed by atoms with Crippen molar-refractivity contribution >= 4 is 59.4 Å². The lowest BCUT2D eigenvalue weighted by Gasteiger charge is -2.14. The van der Waals surface area contributed by atoms with Gasteiger partial charge in [0.05, 0.1) is 0 Å². The number of alkyl halides is 1. The predicted molar refractivity (Wildman–Crippen MR) is 93.4 cm³/mol. The highest BCUT2D eigenvalue weighted by molar-refractivity contribution is 9.11. The highest BCUT2D eigenvalue weighted by atomic mass is 79.9. The lowest BCUT2D eigenvalue weighted by molar-refractivity contribution is 0.941. The molecule has 0 amide bonds.